The van der Waals surface area contributed by atoms with Crippen LogP contribution in [-0.2, 0) is 9.47 Å². The van der Waals surface area contributed by atoms with E-state index in [1.807, 2.05) is 20.8 Å². The molecule has 0 aromatic carbocycles. The zero-order valence-electron chi connectivity index (χ0n) is 12.5. The molecule has 1 aliphatic rings. The number of piperidine rings is 1. The number of hydrogen-bond donors (Lipinski definition) is 1. The van der Waals surface area contributed by atoms with Gasteiger partial charge in [0.1, 0.15) is 5.60 Å². The Morgan fingerprint density at radius 1 is 1.26 bits per heavy atom. The minimum absolute atomic E-state index is 0.214. The summed E-state index contributed by atoms with van der Waals surface area (Å²) in [5.74, 6) is 0. The van der Waals surface area contributed by atoms with Gasteiger partial charge in [0, 0.05) is 19.7 Å². The molecule has 5 nitrogen and oxygen atoms in total. The number of hydrogen-bond acceptors (Lipinski definition) is 4. The van der Waals surface area contributed by atoms with Gasteiger partial charge in [-0.15, -0.1) is 0 Å². The maximum Gasteiger partial charge on any atom is 0.410 e. The first-order chi connectivity index (χ1) is 8.92. The second kappa shape index (κ2) is 7.70. The van der Waals surface area contributed by atoms with Crippen LogP contribution in [0.3, 0.4) is 0 Å². The lowest BCUT2D eigenvalue weighted by Gasteiger charge is -2.33. The van der Waals surface area contributed by atoms with Crippen LogP contribution in [0.25, 0.3) is 0 Å². The van der Waals surface area contributed by atoms with Crippen molar-refractivity contribution in [2.24, 2.45) is 5.73 Å². The highest BCUT2D eigenvalue weighted by Crippen LogP contribution is 2.17. The number of likely N-dealkylation sites (tertiary alicyclic amines) is 1. The second-order valence-electron chi connectivity index (χ2n) is 6.03. The highest BCUT2D eigenvalue weighted by atomic mass is 16.6. The maximum atomic E-state index is 11.9. The quantitative estimate of drug-likeness (QED) is 0.779. The highest BCUT2D eigenvalue weighted by molar-refractivity contribution is 5.68. The molecule has 5 heteroatoms. The lowest BCUT2D eigenvalue weighted by molar-refractivity contribution is -0.0119. The van der Waals surface area contributed by atoms with Crippen LogP contribution in [0.15, 0.2) is 0 Å². The average molecular weight is 272 g/mol. The van der Waals surface area contributed by atoms with Crippen LogP contribution in [0.2, 0.25) is 0 Å². The van der Waals surface area contributed by atoms with Crippen LogP contribution in [0, 0.1) is 0 Å². The Morgan fingerprint density at radius 3 is 2.42 bits per heavy atom. The summed E-state index contributed by atoms with van der Waals surface area (Å²) in [6.07, 6.45) is 3.87. The molecule has 0 aliphatic carbocycles. The van der Waals surface area contributed by atoms with Gasteiger partial charge in [-0.1, -0.05) is 0 Å². The average Bonchev–Trinajstić information content (AvgIpc) is 2.33. The molecule has 0 aromatic heterocycles. The van der Waals surface area contributed by atoms with Gasteiger partial charge >= 0.3 is 6.09 Å². The van der Waals surface area contributed by atoms with Crippen molar-refractivity contribution >= 4 is 6.09 Å². The summed E-state index contributed by atoms with van der Waals surface area (Å²) in [6.45, 7) is 8.59. The SMILES string of the molecule is CC(C)(C)OC(=O)N1CCC(OCCCCN)CC1. The van der Waals surface area contributed by atoms with Crippen molar-refractivity contribution in [3.05, 3.63) is 0 Å². The first-order valence-corrected chi connectivity index (χ1v) is 7.22. The molecule has 112 valence electrons. The van der Waals surface area contributed by atoms with Gasteiger partial charge in [-0.05, 0) is 53.0 Å². The number of amides is 1. The van der Waals surface area contributed by atoms with Crippen molar-refractivity contribution in [1.82, 2.24) is 4.90 Å². The first-order valence-electron chi connectivity index (χ1n) is 7.22. The van der Waals surface area contributed by atoms with E-state index in [1.165, 1.54) is 0 Å². The highest BCUT2D eigenvalue weighted by Gasteiger charge is 2.26. The van der Waals surface area contributed by atoms with Crippen LogP contribution in [-0.4, -0.2) is 48.9 Å². The van der Waals surface area contributed by atoms with E-state index >= 15 is 0 Å². The van der Waals surface area contributed by atoms with Crippen molar-refractivity contribution in [2.75, 3.05) is 26.2 Å². The molecule has 0 spiro atoms. The van der Waals surface area contributed by atoms with Gasteiger partial charge in [-0.25, -0.2) is 4.79 Å². The van der Waals surface area contributed by atoms with E-state index in [9.17, 15) is 4.79 Å². The van der Waals surface area contributed by atoms with Gasteiger partial charge in [0.05, 0.1) is 6.10 Å². The minimum Gasteiger partial charge on any atom is -0.444 e. The molecule has 0 atom stereocenters. The fourth-order valence-corrected chi connectivity index (χ4v) is 2.03. The van der Waals surface area contributed by atoms with Gasteiger partial charge in [0.2, 0.25) is 0 Å². The Balaban J connectivity index is 2.19. The molecule has 0 bridgehead atoms. The fraction of sp³-hybridized carbons (Fsp3) is 0.929. The van der Waals surface area contributed by atoms with Crippen LogP contribution in [0.5, 0.6) is 0 Å². The summed E-state index contributed by atoms with van der Waals surface area (Å²) in [6, 6.07) is 0. The van der Waals surface area contributed by atoms with E-state index in [2.05, 4.69) is 0 Å². The monoisotopic (exact) mass is 272 g/mol. The van der Waals surface area contributed by atoms with Gasteiger partial charge in [0.15, 0.2) is 0 Å². The Bertz CT molecular complexity index is 268. The lowest BCUT2D eigenvalue weighted by Crippen LogP contribution is -2.43. The molecule has 0 aromatic rings. The molecule has 1 rings (SSSR count). The molecule has 1 amide bonds. The van der Waals surface area contributed by atoms with Crippen molar-refractivity contribution in [2.45, 2.75) is 58.2 Å². The summed E-state index contributed by atoms with van der Waals surface area (Å²) in [5.41, 5.74) is 5.01. The predicted molar refractivity (Wildman–Crippen MR) is 75.1 cm³/mol. The topological polar surface area (TPSA) is 64.8 Å². The number of nitrogens with zero attached hydrogens (tertiary/aromatic N) is 1. The van der Waals surface area contributed by atoms with Crippen LogP contribution in [0.4, 0.5) is 4.79 Å². The van der Waals surface area contributed by atoms with Crippen molar-refractivity contribution in [1.29, 1.82) is 0 Å². The number of ether oxygens (including phenoxy) is 2. The molecule has 0 unspecified atom stereocenters. The van der Waals surface area contributed by atoms with E-state index in [4.69, 9.17) is 15.2 Å². The molecule has 0 saturated carbocycles. The number of nitrogens with two attached hydrogens (primary N) is 1. The maximum absolute atomic E-state index is 11.9. The van der Waals surface area contributed by atoms with Gasteiger partial charge in [-0.3, -0.25) is 0 Å². The van der Waals surface area contributed by atoms with Crippen LogP contribution < -0.4 is 5.73 Å². The molecule has 1 saturated heterocycles. The van der Waals surface area contributed by atoms with E-state index in [1.54, 1.807) is 4.90 Å². The van der Waals surface area contributed by atoms with Crippen molar-refractivity contribution in [3.8, 4) is 0 Å². The standard InChI is InChI=1S/C14H28N2O3/c1-14(2,3)19-13(17)16-9-6-12(7-10-16)18-11-5-4-8-15/h12H,4-11,15H2,1-3H3. The predicted octanol–water partition coefficient (Wildman–Crippen LogP) is 2.14. The third-order valence-electron chi connectivity index (χ3n) is 3.05. The molecule has 19 heavy (non-hydrogen) atoms. The molecular weight excluding hydrogens is 244 g/mol. The van der Waals surface area contributed by atoms with Crippen molar-refractivity contribution < 1.29 is 14.3 Å². The summed E-state index contributed by atoms with van der Waals surface area (Å²) >= 11 is 0. The van der Waals surface area contributed by atoms with E-state index in [-0.39, 0.29) is 12.2 Å². The number of unbranched alkanes of at least 4 members (excludes halogenated alkanes) is 1. The summed E-state index contributed by atoms with van der Waals surface area (Å²) in [5, 5.41) is 0. The third kappa shape index (κ3) is 6.78. The van der Waals surface area contributed by atoms with Gasteiger partial charge in [-0.2, -0.15) is 0 Å². The smallest absolute Gasteiger partial charge is 0.410 e. The molecule has 1 heterocycles. The van der Waals surface area contributed by atoms with E-state index < -0.39 is 5.60 Å². The van der Waals surface area contributed by atoms with Crippen LogP contribution >= 0.6 is 0 Å². The zero-order chi connectivity index (χ0) is 14.3. The third-order valence-corrected chi connectivity index (χ3v) is 3.05. The summed E-state index contributed by atoms with van der Waals surface area (Å²) in [7, 11) is 0. The Kier molecular flexibility index (Phi) is 6.58. The van der Waals surface area contributed by atoms with Crippen molar-refractivity contribution in [3.63, 3.8) is 0 Å². The number of rotatable bonds is 5. The normalized spacial score (nSPS) is 17.6. The minimum atomic E-state index is -0.424. The Labute approximate surface area is 116 Å². The number of carbonyl (C=O) groups is 1. The summed E-state index contributed by atoms with van der Waals surface area (Å²) in [4.78, 5) is 13.6. The Morgan fingerprint density at radius 2 is 1.89 bits per heavy atom. The first kappa shape index (κ1) is 16.2. The largest absolute Gasteiger partial charge is 0.444 e. The fourth-order valence-electron chi connectivity index (χ4n) is 2.03. The van der Waals surface area contributed by atoms with Crippen LogP contribution in [0.1, 0.15) is 46.5 Å². The number of carbonyl (C=O) groups excluding carboxylic acids is 1. The molecule has 2 N–H and O–H groups in total. The molecular formula is C14H28N2O3. The molecule has 1 aliphatic heterocycles. The van der Waals surface area contributed by atoms with E-state index in [0.29, 0.717) is 0 Å². The van der Waals surface area contributed by atoms with E-state index in [0.717, 1.165) is 51.9 Å². The summed E-state index contributed by atoms with van der Waals surface area (Å²) < 4.78 is 11.1. The second-order valence-corrected chi connectivity index (χ2v) is 6.03. The Hall–Kier alpha value is -0.810. The lowest BCUT2D eigenvalue weighted by atomic mass is 10.1. The molecule has 0 radical (unpaired) electrons. The van der Waals surface area contributed by atoms with Gasteiger partial charge in [0.25, 0.3) is 0 Å². The zero-order valence-corrected chi connectivity index (χ0v) is 12.5. The van der Waals surface area contributed by atoms with Gasteiger partial charge < -0.3 is 20.1 Å². The molecule has 1 fully saturated rings.